The fraction of sp³-hybridized carbons (Fsp3) is 0.333. The number of aliphatic hydroxyl groups is 1. The first-order valence-electron chi connectivity index (χ1n) is 8.27. The largest absolute Gasteiger partial charge is 0.497 e. The van der Waals surface area contributed by atoms with E-state index in [4.69, 9.17) is 48.5 Å². The normalized spacial score (nSPS) is 14.2. The van der Waals surface area contributed by atoms with Crippen molar-refractivity contribution in [3.05, 3.63) is 49.3 Å². The second-order valence-electron chi connectivity index (χ2n) is 6.34. The van der Waals surface area contributed by atoms with Crippen molar-refractivity contribution in [1.82, 2.24) is 0 Å². The van der Waals surface area contributed by atoms with E-state index in [9.17, 15) is 13.5 Å². The SMILES string of the molecule is COc1cc(OC)cc(C(O)(COS(=O)(=O)c2cc(Br)c(Br)c(Br)c2)CC(Cl)(Cl)Cl)c1. The minimum absolute atomic E-state index is 0.145. The molecule has 0 saturated heterocycles. The van der Waals surface area contributed by atoms with Crippen LogP contribution in [0.4, 0.5) is 0 Å². The Bertz CT molecular complexity index is 1020. The highest BCUT2D eigenvalue weighted by Gasteiger charge is 2.40. The lowest BCUT2D eigenvalue weighted by Gasteiger charge is -2.31. The zero-order chi connectivity index (χ0) is 23.6. The first-order valence-corrected chi connectivity index (χ1v) is 13.2. The average Bonchev–Trinajstić information content (AvgIpc) is 2.68. The van der Waals surface area contributed by atoms with E-state index in [-0.39, 0.29) is 10.5 Å². The van der Waals surface area contributed by atoms with Gasteiger partial charge >= 0.3 is 0 Å². The molecule has 2 aromatic carbocycles. The van der Waals surface area contributed by atoms with E-state index in [1.54, 1.807) is 6.07 Å². The van der Waals surface area contributed by atoms with Crippen LogP contribution >= 0.6 is 82.6 Å². The summed E-state index contributed by atoms with van der Waals surface area (Å²) in [7, 11) is -1.43. The van der Waals surface area contributed by atoms with E-state index in [1.165, 1.54) is 38.5 Å². The number of alkyl halides is 3. The van der Waals surface area contributed by atoms with E-state index in [2.05, 4.69) is 47.8 Å². The molecule has 0 heterocycles. The minimum atomic E-state index is -4.28. The molecule has 0 fully saturated rings. The van der Waals surface area contributed by atoms with Crippen LogP contribution in [0.1, 0.15) is 12.0 Å². The number of methoxy groups -OCH3 is 2. The van der Waals surface area contributed by atoms with E-state index < -0.39 is 32.5 Å². The van der Waals surface area contributed by atoms with Crippen LogP contribution in [0, 0.1) is 0 Å². The van der Waals surface area contributed by atoms with Gasteiger partial charge in [-0.15, -0.1) is 0 Å². The van der Waals surface area contributed by atoms with Crippen molar-refractivity contribution in [3.63, 3.8) is 0 Å². The third-order valence-electron chi connectivity index (χ3n) is 4.08. The summed E-state index contributed by atoms with van der Waals surface area (Å²) in [6.07, 6.45) is -0.468. The standard InChI is InChI=1S/C18H16Br3Cl3O6S/c1-28-11-3-10(4-12(5-11)29-2)17(25,8-18(22,23)24)9-30-31(26,27)13-6-14(19)16(21)15(20)7-13/h3-7,25H,8-9H2,1-2H3. The van der Waals surface area contributed by atoms with Gasteiger partial charge in [-0.2, -0.15) is 8.42 Å². The quantitative estimate of drug-likeness (QED) is 0.196. The maximum atomic E-state index is 12.8. The lowest BCUT2D eigenvalue weighted by molar-refractivity contribution is -0.0144. The molecule has 0 saturated carbocycles. The van der Waals surface area contributed by atoms with Crippen molar-refractivity contribution < 1.29 is 27.2 Å². The Morgan fingerprint density at radius 1 is 0.935 bits per heavy atom. The molecule has 172 valence electrons. The van der Waals surface area contributed by atoms with Crippen LogP contribution in [0.25, 0.3) is 0 Å². The van der Waals surface area contributed by atoms with Crippen LogP contribution in [-0.4, -0.2) is 38.1 Å². The Labute approximate surface area is 220 Å². The highest BCUT2D eigenvalue weighted by molar-refractivity contribution is 9.14. The molecule has 6 nitrogen and oxygen atoms in total. The summed E-state index contributed by atoms with van der Waals surface area (Å²) in [5, 5.41) is 11.3. The molecule has 0 spiro atoms. The van der Waals surface area contributed by atoms with Crippen LogP contribution in [-0.2, 0) is 19.9 Å². The fourth-order valence-electron chi connectivity index (χ4n) is 2.56. The highest BCUT2D eigenvalue weighted by atomic mass is 79.9. The van der Waals surface area contributed by atoms with Crippen molar-refractivity contribution in [3.8, 4) is 11.5 Å². The van der Waals surface area contributed by atoms with Crippen LogP contribution in [0.15, 0.2) is 48.6 Å². The first kappa shape index (κ1) is 27.5. The van der Waals surface area contributed by atoms with Crippen LogP contribution in [0.2, 0.25) is 0 Å². The number of hydrogen-bond acceptors (Lipinski definition) is 6. The van der Waals surface area contributed by atoms with Gasteiger partial charge in [-0.1, -0.05) is 34.8 Å². The zero-order valence-electron chi connectivity index (χ0n) is 16.0. The number of halogens is 6. The Kier molecular flexibility index (Phi) is 9.44. The summed E-state index contributed by atoms with van der Waals surface area (Å²) in [5.74, 6) is 0.696. The molecule has 0 amide bonds. The van der Waals surface area contributed by atoms with E-state index in [0.717, 1.165) is 0 Å². The molecule has 1 N–H and O–H groups in total. The molecule has 0 radical (unpaired) electrons. The topological polar surface area (TPSA) is 82.1 Å². The van der Waals surface area contributed by atoms with Crippen LogP contribution in [0.3, 0.4) is 0 Å². The van der Waals surface area contributed by atoms with Crippen molar-refractivity contribution >= 4 is 92.7 Å². The van der Waals surface area contributed by atoms with Crippen molar-refractivity contribution in [1.29, 1.82) is 0 Å². The molecule has 1 atom stereocenters. The number of rotatable bonds is 8. The zero-order valence-corrected chi connectivity index (χ0v) is 23.8. The number of hydrogen-bond donors (Lipinski definition) is 1. The van der Waals surface area contributed by atoms with Gasteiger partial charge in [0.2, 0.25) is 0 Å². The maximum absolute atomic E-state index is 12.8. The number of ether oxygens (including phenoxy) is 2. The molecule has 0 aliphatic heterocycles. The maximum Gasteiger partial charge on any atom is 0.297 e. The smallest absolute Gasteiger partial charge is 0.297 e. The van der Waals surface area contributed by atoms with Crippen molar-refractivity contribution in [2.75, 3.05) is 20.8 Å². The Morgan fingerprint density at radius 2 is 1.42 bits per heavy atom. The third-order valence-corrected chi connectivity index (χ3v) is 8.89. The van der Waals surface area contributed by atoms with Gasteiger partial charge in [0.1, 0.15) is 17.1 Å². The average molecular weight is 706 g/mol. The minimum Gasteiger partial charge on any atom is -0.497 e. The Morgan fingerprint density at radius 3 is 1.84 bits per heavy atom. The Balaban J connectivity index is 2.46. The molecule has 0 aliphatic carbocycles. The fourth-order valence-corrected chi connectivity index (χ4v) is 5.96. The summed E-state index contributed by atoms with van der Waals surface area (Å²) in [4.78, 5) is -0.145. The monoisotopic (exact) mass is 702 g/mol. The molecule has 2 aromatic rings. The van der Waals surface area contributed by atoms with Gasteiger partial charge < -0.3 is 14.6 Å². The van der Waals surface area contributed by atoms with Crippen molar-refractivity contribution in [2.45, 2.75) is 20.7 Å². The lowest BCUT2D eigenvalue weighted by Crippen LogP contribution is -2.37. The van der Waals surface area contributed by atoms with Gasteiger partial charge in [0, 0.05) is 25.9 Å². The molecule has 0 bridgehead atoms. The summed E-state index contributed by atoms with van der Waals surface area (Å²) in [6.45, 7) is -0.731. The molecular weight excluding hydrogens is 690 g/mol. The molecule has 2 rings (SSSR count). The third kappa shape index (κ3) is 7.35. The van der Waals surface area contributed by atoms with Gasteiger partial charge in [-0.05, 0) is 77.6 Å². The predicted molar refractivity (Wildman–Crippen MR) is 131 cm³/mol. The summed E-state index contributed by atoms with van der Waals surface area (Å²) in [5.41, 5.74) is -1.83. The molecule has 13 heteroatoms. The lowest BCUT2D eigenvalue weighted by atomic mass is 9.91. The molecular formula is C18H16Br3Cl3O6S. The van der Waals surface area contributed by atoms with Gasteiger partial charge in [-0.25, -0.2) is 0 Å². The predicted octanol–water partition coefficient (Wildman–Crippen LogP) is 6.34. The Hall–Kier alpha value is 0.220. The van der Waals surface area contributed by atoms with Crippen molar-refractivity contribution in [2.24, 2.45) is 0 Å². The van der Waals surface area contributed by atoms with Gasteiger partial charge in [-0.3, -0.25) is 4.18 Å². The molecule has 0 aromatic heterocycles. The second-order valence-corrected chi connectivity index (χ2v) is 13.0. The van der Waals surface area contributed by atoms with E-state index in [0.29, 0.717) is 24.9 Å². The van der Waals surface area contributed by atoms with E-state index in [1.807, 2.05) is 0 Å². The number of benzene rings is 2. The highest BCUT2D eigenvalue weighted by Crippen LogP contribution is 2.42. The molecule has 31 heavy (non-hydrogen) atoms. The molecule has 0 aliphatic rings. The van der Waals surface area contributed by atoms with Crippen LogP contribution in [0.5, 0.6) is 11.5 Å². The van der Waals surface area contributed by atoms with Gasteiger partial charge in [0.15, 0.2) is 3.79 Å². The van der Waals surface area contributed by atoms with Gasteiger partial charge in [0.05, 0.1) is 25.7 Å². The summed E-state index contributed by atoms with van der Waals surface area (Å²) in [6, 6.07) is 7.23. The molecule has 1 unspecified atom stereocenters. The summed E-state index contributed by atoms with van der Waals surface area (Å²) >= 11 is 27.6. The van der Waals surface area contributed by atoms with Crippen LogP contribution < -0.4 is 9.47 Å². The second kappa shape index (κ2) is 10.7. The van der Waals surface area contributed by atoms with E-state index >= 15 is 0 Å². The summed E-state index contributed by atoms with van der Waals surface area (Å²) < 4.78 is 40.9. The first-order chi connectivity index (χ1) is 14.2. The van der Waals surface area contributed by atoms with Gasteiger partial charge in [0.25, 0.3) is 10.1 Å².